The zero-order valence-electron chi connectivity index (χ0n) is 11.0. The minimum Gasteiger partial charge on any atom is -0.460 e. The molecule has 0 aliphatic carbocycles. The first-order valence-corrected chi connectivity index (χ1v) is 7.45. The molecule has 1 unspecified atom stereocenters. The van der Waals surface area contributed by atoms with Crippen molar-refractivity contribution >= 4 is 15.3 Å². The molecule has 0 heterocycles. The van der Waals surface area contributed by atoms with Crippen molar-refractivity contribution in [3.8, 4) is 0 Å². The number of carbonyl (C=O) groups excluding carboxylic acids is 1. The standard InChI is InChI=1S/C12H22O4Si/c1-5-6-7-8-12(13)16-11(2)9-10-17(14-3)15-4/h5-8,11,17H,9-10H2,1-4H3/b6-5+,8-7+. The van der Waals surface area contributed by atoms with Crippen molar-refractivity contribution in [2.24, 2.45) is 0 Å². The normalized spacial score (nSPS) is 13.7. The van der Waals surface area contributed by atoms with Crippen LogP contribution in [0.15, 0.2) is 24.3 Å². The lowest BCUT2D eigenvalue weighted by Crippen LogP contribution is -2.22. The SMILES string of the molecule is C/C=C/C=C/C(=O)OC(C)CC[SiH](OC)OC. The van der Waals surface area contributed by atoms with Gasteiger partial charge in [-0.05, 0) is 26.3 Å². The topological polar surface area (TPSA) is 44.8 Å². The fraction of sp³-hybridized carbons (Fsp3) is 0.583. The fourth-order valence-corrected chi connectivity index (χ4v) is 2.65. The highest BCUT2D eigenvalue weighted by Crippen LogP contribution is 2.07. The maximum Gasteiger partial charge on any atom is 0.331 e. The molecule has 4 nitrogen and oxygen atoms in total. The van der Waals surface area contributed by atoms with Crippen molar-refractivity contribution in [3.63, 3.8) is 0 Å². The summed E-state index contributed by atoms with van der Waals surface area (Å²) in [7, 11) is 1.76. The van der Waals surface area contributed by atoms with Gasteiger partial charge in [-0.2, -0.15) is 0 Å². The molecule has 0 rings (SSSR count). The van der Waals surface area contributed by atoms with Gasteiger partial charge in [-0.3, -0.25) is 0 Å². The Bertz CT molecular complexity index is 259. The van der Waals surface area contributed by atoms with Gasteiger partial charge in [-0.1, -0.05) is 18.2 Å². The third-order valence-corrected chi connectivity index (χ3v) is 4.04. The summed E-state index contributed by atoms with van der Waals surface area (Å²) in [5.41, 5.74) is 0. The predicted octanol–water partition coefficient (Wildman–Crippen LogP) is 1.95. The summed E-state index contributed by atoms with van der Waals surface area (Å²) in [5, 5.41) is 0. The van der Waals surface area contributed by atoms with E-state index >= 15 is 0 Å². The van der Waals surface area contributed by atoms with Crippen LogP contribution in [0, 0.1) is 0 Å². The number of esters is 1. The van der Waals surface area contributed by atoms with Crippen molar-refractivity contribution in [2.45, 2.75) is 32.4 Å². The summed E-state index contributed by atoms with van der Waals surface area (Å²) < 4.78 is 15.6. The minimum absolute atomic E-state index is 0.113. The first-order chi connectivity index (χ1) is 8.13. The zero-order chi connectivity index (χ0) is 13.1. The van der Waals surface area contributed by atoms with Crippen molar-refractivity contribution in [1.82, 2.24) is 0 Å². The monoisotopic (exact) mass is 258 g/mol. The molecular formula is C12H22O4Si. The van der Waals surface area contributed by atoms with Gasteiger partial charge in [-0.25, -0.2) is 4.79 Å². The Hall–Kier alpha value is -0.913. The van der Waals surface area contributed by atoms with Crippen molar-refractivity contribution in [2.75, 3.05) is 14.2 Å². The summed E-state index contributed by atoms with van der Waals surface area (Å²) >= 11 is 0. The lowest BCUT2D eigenvalue weighted by molar-refractivity contribution is -0.142. The molecule has 0 bridgehead atoms. The Balaban J connectivity index is 3.85. The molecule has 1 atom stereocenters. The number of hydrogen-bond acceptors (Lipinski definition) is 4. The quantitative estimate of drug-likeness (QED) is 0.289. The molecule has 0 amide bonds. The fourth-order valence-electron chi connectivity index (χ4n) is 1.24. The van der Waals surface area contributed by atoms with Crippen molar-refractivity contribution in [1.29, 1.82) is 0 Å². The summed E-state index contributed by atoms with van der Waals surface area (Å²) in [5.74, 6) is -0.316. The number of rotatable bonds is 8. The summed E-state index contributed by atoms with van der Waals surface area (Å²) in [4.78, 5) is 11.3. The van der Waals surface area contributed by atoms with Gasteiger partial charge in [0.2, 0.25) is 0 Å². The third-order valence-electron chi connectivity index (χ3n) is 2.19. The van der Waals surface area contributed by atoms with E-state index in [9.17, 15) is 4.79 Å². The van der Waals surface area contributed by atoms with Crippen molar-refractivity contribution < 1.29 is 18.4 Å². The predicted molar refractivity (Wildman–Crippen MR) is 70.1 cm³/mol. The molecule has 98 valence electrons. The molecule has 0 aromatic heterocycles. The molecule has 0 radical (unpaired) electrons. The lowest BCUT2D eigenvalue weighted by Gasteiger charge is -2.15. The number of hydrogen-bond donors (Lipinski definition) is 0. The smallest absolute Gasteiger partial charge is 0.331 e. The summed E-state index contributed by atoms with van der Waals surface area (Å²) in [6.07, 6.45) is 7.36. The van der Waals surface area contributed by atoms with E-state index in [0.717, 1.165) is 12.5 Å². The zero-order valence-corrected chi connectivity index (χ0v) is 12.2. The molecule has 17 heavy (non-hydrogen) atoms. The second kappa shape index (κ2) is 10.3. The van der Waals surface area contributed by atoms with Crippen LogP contribution >= 0.6 is 0 Å². The van der Waals surface area contributed by atoms with Crippen LogP contribution in [0.4, 0.5) is 0 Å². The van der Waals surface area contributed by atoms with E-state index in [2.05, 4.69) is 0 Å². The van der Waals surface area contributed by atoms with Gasteiger partial charge in [0.15, 0.2) is 0 Å². The number of ether oxygens (including phenoxy) is 1. The Kier molecular flexibility index (Phi) is 9.70. The molecule has 5 heteroatoms. The van der Waals surface area contributed by atoms with E-state index < -0.39 is 9.28 Å². The average Bonchev–Trinajstić information content (AvgIpc) is 2.30. The number of carbonyl (C=O) groups is 1. The van der Waals surface area contributed by atoms with E-state index in [1.54, 1.807) is 26.4 Å². The van der Waals surface area contributed by atoms with Gasteiger partial charge in [0, 0.05) is 20.3 Å². The van der Waals surface area contributed by atoms with Crippen LogP contribution in [0.25, 0.3) is 0 Å². The van der Waals surface area contributed by atoms with Crippen LogP contribution in [0.1, 0.15) is 20.3 Å². The second-order valence-electron chi connectivity index (χ2n) is 3.61. The molecule has 0 aliphatic rings. The van der Waals surface area contributed by atoms with Crippen LogP contribution in [0.2, 0.25) is 6.04 Å². The Labute approximate surface area is 105 Å². The minimum atomic E-state index is -1.54. The van der Waals surface area contributed by atoms with E-state index in [1.807, 2.05) is 19.9 Å². The maximum absolute atomic E-state index is 11.3. The molecule has 0 spiro atoms. The van der Waals surface area contributed by atoms with Gasteiger partial charge in [0.1, 0.15) is 0 Å². The van der Waals surface area contributed by atoms with Gasteiger partial charge in [0.25, 0.3) is 0 Å². The van der Waals surface area contributed by atoms with Crippen LogP contribution in [-0.4, -0.2) is 35.6 Å². The summed E-state index contributed by atoms with van der Waals surface area (Å²) in [6.45, 7) is 3.76. The second-order valence-corrected chi connectivity index (χ2v) is 5.99. The van der Waals surface area contributed by atoms with Crippen LogP contribution < -0.4 is 0 Å². The third kappa shape index (κ3) is 8.85. The van der Waals surface area contributed by atoms with Gasteiger partial charge < -0.3 is 13.6 Å². The largest absolute Gasteiger partial charge is 0.460 e. The summed E-state index contributed by atoms with van der Waals surface area (Å²) in [6, 6.07) is 0.833. The Morgan fingerprint density at radius 3 is 2.47 bits per heavy atom. The van der Waals surface area contributed by atoms with E-state index in [-0.39, 0.29) is 12.1 Å². The van der Waals surface area contributed by atoms with E-state index in [4.69, 9.17) is 13.6 Å². The molecule has 0 aromatic carbocycles. The highest BCUT2D eigenvalue weighted by Gasteiger charge is 2.13. The highest BCUT2D eigenvalue weighted by molar-refractivity contribution is 6.44. The number of allylic oxidation sites excluding steroid dienone is 3. The van der Waals surface area contributed by atoms with Gasteiger partial charge in [0.05, 0.1) is 6.10 Å². The lowest BCUT2D eigenvalue weighted by atomic mass is 10.3. The Morgan fingerprint density at radius 1 is 1.29 bits per heavy atom. The first-order valence-electron chi connectivity index (χ1n) is 5.69. The van der Waals surface area contributed by atoms with Gasteiger partial charge >= 0.3 is 15.3 Å². The van der Waals surface area contributed by atoms with E-state index in [0.29, 0.717) is 0 Å². The van der Waals surface area contributed by atoms with E-state index in [1.165, 1.54) is 6.08 Å². The van der Waals surface area contributed by atoms with Gasteiger partial charge in [-0.15, -0.1) is 0 Å². The Morgan fingerprint density at radius 2 is 1.94 bits per heavy atom. The highest BCUT2D eigenvalue weighted by atomic mass is 28.3. The van der Waals surface area contributed by atoms with Crippen molar-refractivity contribution in [3.05, 3.63) is 24.3 Å². The molecule has 0 aromatic rings. The molecular weight excluding hydrogens is 236 g/mol. The molecule has 0 N–H and O–H groups in total. The van der Waals surface area contributed by atoms with Crippen LogP contribution in [-0.2, 0) is 18.4 Å². The maximum atomic E-state index is 11.3. The molecule has 0 saturated carbocycles. The molecule has 0 fully saturated rings. The first kappa shape index (κ1) is 16.1. The average molecular weight is 258 g/mol. The van der Waals surface area contributed by atoms with Crippen LogP contribution in [0.3, 0.4) is 0 Å². The molecule has 0 saturated heterocycles. The van der Waals surface area contributed by atoms with Crippen LogP contribution in [0.5, 0.6) is 0 Å². The molecule has 0 aliphatic heterocycles.